The Kier molecular flexibility index (Phi) is 2.22. The van der Waals surface area contributed by atoms with Crippen molar-refractivity contribution < 1.29 is 0 Å². The Hall–Kier alpha value is -2.08. The van der Waals surface area contributed by atoms with E-state index in [0.717, 1.165) is 22.4 Å². The Morgan fingerprint density at radius 2 is 1.76 bits per heavy atom. The molecule has 0 saturated heterocycles. The summed E-state index contributed by atoms with van der Waals surface area (Å²) in [6, 6.07) is 7.74. The first-order chi connectivity index (χ1) is 8.24. The van der Waals surface area contributed by atoms with E-state index in [0.29, 0.717) is 10.1 Å². The molecule has 2 heterocycles. The predicted molar refractivity (Wildman–Crippen MR) is 67.6 cm³/mol. The number of anilines is 1. The number of nitrogens with two attached hydrogens (primary N) is 1. The fraction of sp³-hybridized carbons (Fsp3) is 0.0909. The number of fused-ring (bicyclic) bond motifs is 1. The summed E-state index contributed by atoms with van der Waals surface area (Å²) < 4.78 is 0. The molecule has 3 aromatic rings. The van der Waals surface area contributed by atoms with Crippen LogP contribution >= 0.6 is 11.3 Å². The number of nitrogens with zero attached hydrogens (tertiary/aromatic N) is 4. The molecule has 0 spiro atoms. The van der Waals surface area contributed by atoms with E-state index in [9.17, 15) is 0 Å². The Bertz CT molecular complexity index is 691. The zero-order chi connectivity index (χ0) is 11.8. The summed E-state index contributed by atoms with van der Waals surface area (Å²) in [4.78, 5) is 9.05. The summed E-state index contributed by atoms with van der Waals surface area (Å²) in [6.45, 7) is 1.91. The fourth-order valence-electron chi connectivity index (χ4n) is 1.62. The Morgan fingerprint density at radius 3 is 2.41 bits per heavy atom. The number of rotatable bonds is 1. The van der Waals surface area contributed by atoms with Gasteiger partial charge in [-0.1, -0.05) is 23.5 Å². The topological polar surface area (TPSA) is 77.6 Å². The van der Waals surface area contributed by atoms with Crippen molar-refractivity contribution in [2.45, 2.75) is 6.92 Å². The summed E-state index contributed by atoms with van der Waals surface area (Å²) in [5, 5.41) is 8.93. The third kappa shape index (κ3) is 1.72. The summed E-state index contributed by atoms with van der Waals surface area (Å²) in [6.07, 6.45) is 0. The van der Waals surface area contributed by atoms with E-state index in [2.05, 4.69) is 20.2 Å². The molecule has 0 fully saturated rings. The molecule has 3 rings (SSSR count). The van der Waals surface area contributed by atoms with Crippen LogP contribution in [0.5, 0.6) is 0 Å². The zero-order valence-corrected chi connectivity index (χ0v) is 9.90. The van der Waals surface area contributed by atoms with Gasteiger partial charge in [0.2, 0.25) is 5.13 Å². The van der Waals surface area contributed by atoms with Gasteiger partial charge >= 0.3 is 0 Å². The lowest BCUT2D eigenvalue weighted by Gasteiger charge is -2.02. The molecular formula is C11H9N5S. The molecule has 17 heavy (non-hydrogen) atoms. The van der Waals surface area contributed by atoms with Crippen molar-refractivity contribution in [3.8, 4) is 10.7 Å². The van der Waals surface area contributed by atoms with Crippen LogP contribution in [-0.2, 0) is 0 Å². The second-order valence-corrected chi connectivity index (χ2v) is 4.60. The molecule has 0 unspecified atom stereocenters. The Balaban J connectivity index is 2.26. The van der Waals surface area contributed by atoms with E-state index < -0.39 is 0 Å². The minimum absolute atomic E-state index is 0.439. The van der Waals surface area contributed by atoms with Gasteiger partial charge in [0, 0.05) is 0 Å². The first-order valence-electron chi connectivity index (χ1n) is 5.07. The van der Waals surface area contributed by atoms with Gasteiger partial charge in [-0.15, -0.1) is 10.2 Å². The Morgan fingerprint density at radius 1 is 1.06 bits per heavy atom. The average Bonchev–Trinajstić information content (AvgIpc) is 2.75. The van der Waals surface area contributed by atoms with Gasteiger partial charge < -0.3 is 5.73 Å². The van der Waals surface area contributed by atoms with Crippen LogP contribution in [0, 0.1) is 6.92 Å². The standard InChI is InChI=1S/C11H9N5S/c1-6-9(10-15-16-11(12)17-10)14-8-5-3-2-4-7(8)13-6/h2-5H,1H3,(H2,12,16). The second kappa shape index (κ2) is 3.74. The number of nitrogen functional groups attached to an aromatic ring is 1. The molecule has 0 amide bonds. The monoisotopic (exact) mass is 243 g/mol. The maximum atomic E-state index is 5.58. The van der Waals surface area contributed by atoms with Gasteiger partial charge in [-0.05, 0) is 19.1 Å². The highest BCUT2D eigenvalue weighted by atomic mass is 32.1. The lowest BCUT2D eigenvalue weighted by atomic mass is 10.2. The van der Waals surface area contributed by atoms with E-state index in [1.165, 1.54) is 11.3 Å². The molecule has 1 aromatic carbocycles. The van der Waals surface area contributed by atoms with E-state index in [-0.39, 0.29) is 0 Å². The lowest BCUT2D eigenvalue weighted by molar-refractivity contribution is 1.08. The smallest absolute Gasteiger partial charge is 0.203 e. The highest BCUT2D eigenvalue weighted by Crippen LogP contribution is 2.26. The van der Waals surface area contributed by atoms with Crippen LogP contribution in [0.1, 0.15) is 5.69 Å². The zero-order valence-electron chi connectivity index (χ0n) is 9.08. The van der Waals surface area contributed by atoms with E-state index >= 15 is 0 Å². The first-order valence-corrected chi connectivity index (χ1v) is 5.88. The van der Waals surface area contributed by atoms with Gasteiger partial charge in [0.25, 0.3) is 0 Å². The van der Waals surface area contributed by atoms with Crippen LogP contribution in [0.25, 0.3) is 21.7 Å². The van der Waals surface area contributed by atoms with Gasteiger partial charge in [0.15, 0.2) is 5.01 Å². The highest BCUT2D eigenvalue weighted by Gasteiger charge is 2.11. The van der Waals surface area contributed by atoms with E-state index in [1.807, 2.05) is 31.2 Å². The number of hydrogen-bond acceptors (Lipinski definition) is 6. The third-order valence-corrected chi connectivity index (χ3v) is 3.15. The summed E-state index contributed by atoms with van der Waals surface area (Å²) in [7, 11) is 0. The molecule has 0 aliphatic heterocycles. The van der Waals surface area contributed by atoms with Gasteiger partial charge in [-0.2, -0.15) is 0 Å². The van der Waals surface area contributed by atoms with Crippen molar-refractivity contribution in [1.29, 1.82) is 0 Å². The first kappa shape index (κ1) is 10.1. The van der Waals surface area contributed by atoms with E-state index in [4.69, 9.17) is 5.73 Å². The molecule has 0 bridgehead atoms. The van der Waals surface area contributed by atoms with Crippen LogP contribution in [0.4, 0.5) is 5.13 Å². The van der Waals surface area contributed by atoms with Crippen LogP contribution in [0.3, 0.4) is 0 Å². The fourth-order valence-corrected chi connectivity index (χ4v) is 2.27. The molecule has 2 aromatic heterocycles. The van der Waals surface area contributed by atoms with Gasteiger partial charge in [0.05, 0.1) is 16.7 Å². The predicted octanol–water partition coefficient (Wildman–Crippen LogP) is 2.04. The second-order valence-electron chi connectivity index (χ2n) is 3.59. The SMILES string of the molecule is Cc1nc2ccccc2nc1-c1nnc(N)s1. The number of benzene rings is 1. The number of para-hydroxylation sites is 2. The van der Waals surface area contributed by atoms with Gasteiger partial charge in [0.1, 0.15) is 5.69 Å². The molecule has 0 atom stereocenters. The van der Waals surface area contributed by atoms with Gasteiger partial charge in [-0.25, -0.2) is 9.97 Å². The largest absolute Gasteiger partial charge is 0.374 e. The summed E-state index contributed by atoms with van der Waals surface area (Å²) >= 11 is 1.32. The van der Waals surface area contributed by atoms with Crippen molar-refractivity contribution in [2.75, 3.05) is 5.73 Å². The molecule has 0 saturated carbocycles. The van der Waals surface area contributed by atoms with Gasteiger partial charge in [-0.3, -0.25) is 0 Å². The Labute approximate surface area is 101 Å². The highest BCUT2D eigenvalue weighted by molar-refractivity contribution is 7.18. The third-order valence-electron chi connectivity index (χ3n) is 2.39. The number of aryl methyl sites for hydroxylation is 1. The van der Waals surface area contributed by atoms with Crippen LogP contribution < -0.4 is 5.73 Å². The quantitative estimate of drug-likeness (QED) is 0.707. The minimum Gasteiger partial charge on any atom is -0.374 e. The molecule has 0 aliphatic rings. The summed E-state index contributed by atoms with van der Waals surface area (Å²) in [5.41, 5.74) is 8.89. The van der Waals surface area contributed by atoms with Crippen LogP contribution in [0.2, 0.25) is 0 Å². The van der Waals surface area contributed by atoms with Crippen molar-refractivity contribution >= 4 is 27.5 Å². The number of hydrogen-bond donors (Lipinski definition) is 1. The van der Waals surface area contributed by atoms with Crippen molar-refractivity contribution in [2.24, 2.45) is 0 Å². The normalized spacial score (nSPS) is 10.9. The summed E-state index contributed by atoms with van der Waals surface area (Å²) in [5.74, 6) is 0. The molecule has 2 N–H and O–H groups in total. The lowest BCUT2D eigenvalue weighted by Crippen LogP contribution is -1.93. The maximum absolute atomic E-state index is 5.58. The minimum atomic E-state index is 0.439. The molecule has 0 aliphatic carbocycles. The molecule has 84 valence electrons. The molecule has 6 heteroatoms. The molecular weight excluding hydrogens is 234 g/mol. The van der Waals surface area contributed by atoms with Crippen LogP contribution in [0.15, 0.2) is 24.3 Å². The maximum Gasteiger partial charge on any atom is 0.203 e. The van der Waals surface area contributed by atoms with Crippen molar-refractivity contribution in [3.63, 3.8) is 0 Å². The van der Waals surface area contributed by atoms with Crippen LogP contribution in [-0.4, -0.2) is 20.2 Å². The molecule has 5 nitrogen and oxygen atoms in total. The molecule has 0 radical (unpaired) electrons. The average molecular weight is 243 g/mol. The van der Waals surface area contributed by atoms with Crippen molar-refractivity contribution in [1.82, 2.24) is 20.2 Å². The van der Waals surface area contributed by atoms with Crippen molar-refractivity contribution in [3.05, 3.63) is 30.0 Å². The number of aromatic nitrogens is 4. The van der Waals surface area contributed by atoms with E-state index in [1.54, 1.807) is 0 Å².